The van der Waals surface area contributed by atoms with Crippen LogP contribution in [0, 0.1) is 0 Å². The van der Waals surface area contributed by atoms with E-state index >= 15 is 0 Å². The van der Waals surface area contributed by atoms with Gasteiger partial charge in [0.25, 0.3) is 0 Å². The van der Waals surface area contributed by atoms with Crippen molar-refractivity contribution in [2.75, 3.05) is 0 Å². The molecule has 98 valence electrons. The molecule has 0 fully saturated rings. The number of hydrogen-bond acceptors (Lipinski definition) is 5. The fourth-order valence-corrected chi connectivity index (χ4v) is 2.10. The lowest BCUT2D eigenvalue weighted by Gasteiger charge is -2.02. The van der Waals surface area contributed by atoms with Crippen LogP contribution in [0.3, 0.4) is 0 Å². The number of pyridine rings is 1. The van der Waals surface area contributed by atoms with Gasteiger partial charge in [-0.15, -0.1) is 11.3 Å². The predicted molar refractivity (Wildman–Crippen MR) is 68.9 cm³/mol. The normalized spacial score (nSPS) is 10.1. The highest BCUT2D eigenvalue weighted by Crippen LogP contribution is 2.09. The topological polar surface area (TPSA) is 92.2 Å². The van der Waals surface area contributed by atoms with Crippen molar-refractivity contribution in [3.8, 4) is 0 Å². The van der Waals surface area contributed by atoms with Gasteiger partial charge in [0.1, 0.15) is 5.01 Å². The molecule has 0 radical (unpaired) electrons. The zero-order valence-electron chi connectivity index (χ0n) is 9.87. The van der Waals surface area contributed by atoms with Gasteiger partial charge in [-0.1, -0.05) is 6.07 Å². The summed E-state index contributed by atoms with van der Waals surface area (Å²) in [5, 5.41) is 13.4. The predicted octanol–water partition coefficient (Wildman–Crippen LogP) is 1.10. The molecule has 0 saturated carbocycles. The van der Waals surface area contributed by atoms with Gasteiger partial charge >= 0.3 is 5.97 Å². The molecule has 0 saturated heterocycles. The van der Waals surface area contributed by atoms with Crippen LogP contribution in [-0.2, 0) is 17.8 Å². The lowest BCUT2D eigenvalue weighted by molar-refractivity contribution is -0.120. The molecule has 7 heteroatoms. The molecule has 0 spiro atoms. The van der Waals surface area contributed by atoms with E-state index in [1.54, 1.807) is 18.3 Å². The van der Waals surface area contributed by atoms with Crippen LogP contribution in [0.5, 0.6) is 0 Å². The maximum atomic E-state index is 11.6. The third-order valence-electron chi connectivity index (χ3n) is 2.28. The number of amides is 1. The first-order valence-electron chi connectivity index (χ1n) is 5.49. The van der Waals surface area contributed by atoms with Gasteiger partial charge in [-0.2, -0.15) is 0 Å². The molecule has 0 aliphatic heterocycles. The summed E-state index contributed by atoms with van der Waals surface area (Å²) in [5.74, 6) is -1.24. The molecular formula is C12H11N3O3S. The van der Waals surface area contributed by atoms with E-state index < -0.39 is 5.97 Å². The summed E-state index contributed by atoms with van der Waals surface area (Å²) in [7, 11) is 0. The Kier molecular flexibility index (Phi) is 4.19. The van der Waals surface area contributed by atoms with E-state index in [0.29, 0.717) is 10.7 Å². The van der Waals surface area contributed by atoms with Crippen LogP contribution < -0.4 is 5.32 Å². The summed E-state index contributed by atoms with van der Waals surface area (Å²) in [4.78, 5) is 30.2. The molecule has 0 atom stereocenters. The summed E-state index contributed by atoms with van der Waals surface area (Å²) in [6.07, 6.45) is 1.82. The van der Waals surface area contributed by atoms with Gasteiger partial charge < -0.3 is 10.4 Å². The lowest BCUT2D eigenvalue weighted by atomic mass is 10.2. The van der Waals surface area contributed by atoms with Gasteiger partial charge in [0.15, 0.2) is 5.69 Å². The molecule has 2 rings (SSSR count). The molecule has 0 aliphatic rings. The first-order chi connectivity index (χ1) is 9.15. The second kappa shape index (κ2) is 6.05. The van der Waals surface area contributed by atoms with Crippen molar-refractivity contribution in [1.29, 1.82) is 0 Å². The van der Waals surface area contributed by atoms with Crippen molar-refractivity contribution >= 4 is 23.2 Å². The molecule has 2 heterocycles. The third-order valence-corrected chi connectivity index (χ3v) is 3.12. The fraction of sp³-hybridized carbons (Fsp3) is 0.167. The molecule has 1 amide bonds. The SMILES string of the molecule is O=C(Cc1ccccn1)NCc1nc(C(=O)O)cs1. The number of carbonyl (C=O) groups excluding carboxylic acids is 1. The Morgan fingerprint density at radius 1 is 1.37 bits per heavy atom. The molecule has 0 bridgehead atoms. The second-order valence-corrected chi connectivity index (χ2v) is 4.65. The summed E-state index contributed by atoms with van der Waals surface area (Å²) >= 11 is 1.20. The van der Waals surface area contributed by atoms with E-state index in [-0.39, 0.29) is 24.6 Å². The number of carboxylic acid groups (broad SMARTS) is 1. The van der Waals surface area contributed by atoms with Crippen molar-refractivity contribution in [1.82, 2.24) is 15.3 Å². The Morgan fingerprint density at radius 2 is 2.21 bits per heavy atom. The first-order valence-corrected chi connectivity index (χ1v) is 6.37. The van der Waals surface area contributed by atoms with Crippen LogP contribution in [-0.4, -0.2) is 27.0 Å². The van der Waals surface area contributed by atoms with Crippen LogP contribution in [0.15, 0.2) is 29.8 Å². The van der Waals surface area contributed by atoms with Crippen LogP contribution >= 0.6 is 11.3 Å². The molecule has 2 N–H and O–H groups in total. The van der Waals surface area contributed by atoms with Crippen LogP contribution in [0.25, 0.3) is 0 Å². The quantitative estimate of drug-likeness (QED) is 0.853. The third kappa shape index (κ3) is 3.85. The molecule has 0 unspecified atom stereocenters. The Balaban J connectivity index is 1.84. The van der Waals surface area contributed by atoms with Gasteiger partial charge in [-0.25, -0.2) is 9.78 Å². The number of nitrogens with zero attached hydrogens (tertiary/aromatic N) is 2. The average molecular weight is 277 g/mol. The van der Waals surface area contributed by atoms with E-state index in [0.717, 1.165) is 0 Å². The Hall–Kier alpha value is -2.28. The van der Waals surface area contributed by atoms with Crippen LogP contribution in [0.4, 0.5) is 0 Å². The number of rotatable bonds is 5. The first kappa shape index (κ1) is 13.2. The zero-order chi connectivity index (χ0) is 13.7. The number of aromatic nitrogens is 2. The Morgan fingerprint density at radius 3 is 2.84 bits per heavy atom. The minimum atomic E-state index is -1.07. The van der Waals surface area contributed by atoms with Crippen molar-refractivity contribution in [3.05, 3.63) is 46.2 Å². The summed E-state index contributed by atoms with van der Waals surface area (Å²) in [5.41, 5.74) is 0.685. The van der Waals surface area contributed by atoms with Gasteiger partial charge in [-0.05, 0) is 12.1 Å². The number of nitrogens with one attached hydrogen (secondary N) is 1. The Labute approximate surface area is 113 Å². The average Bonchev–Trinajstić information content (AvgIpc) is 2.86. The van der Waals surface area contributed by atoms with Crippen molar-refractivity contribution in [2.24, 2.45) is 0 Å². The summed E-state index contributed by atoms with van der Waals surface area (Å²) < 4.78 is 0. The standard InChI is InChI=1S/C12H11N3O3S/c16-10(5-8-3-1-2-4-13-8)14-6-11-15-9(7-19-11)12(17)18/h1-4,7H,5-6H2,(H,14,16)(H,17,18). The smallest absolute Gasteiger partial charge is 0.355 e. The minimum absolute atomic E-state index is 0.000949. The maximum Gasteiger partial charge on any atom is 0.355 e. The number of hydrogen-bond donors (Lipinski definition) is 2. The molecule has 2 aromatic rings. The van der Waals surface area contributed by atoms with Crippen molar-refractivity contribution in [2.45, 2.75) is 13.0 Å². The highest BCUT2D eigenvalue weighted by molar-refractivity contribution is 7.09. The second-order valence-electron chi connectivity index (χ2n) is 3.71. The van der Waals surface area contributed by atoms with E-state index in [1.807, 2.05) is 6.07 Å². The molecule has 19 heavy (non-hydrogen) atoms. The minimum Gasteiger partial charge on any atom is -0.476 e. The highest BCUT2D eigenvalue weighted by atomic mass is 32.1. The van der Waals surface area contributed by atoms with Crippen molar-refractivity contribution in [3.63, 3.8) is 0 Å². The fourth-order valence-electron chi connectivity index (χ4n) is 1.39. The van der Waals surface area contributed by atoms with E-state index in [1.165, 1.54) is 16.7 Å². The summed E-state index contributed by atoms with van der Waals surface area (Å²) in [6, 6.07) is 5.37. The molecule has 2 aromatic heterocycles. The van der Waals surface area contributed by atoms with Gasteiger partial charge in [0.05, 0.1) is 13.0 Å². The van der Waals surface area contributed by atoms with E-state index in [4.69, 9.17) is 5.11 Å². The molecular weight excluding hydrogens is 266 g/mol. The van der Waals surface area contributed by atoms with E-state index in [9.17, 15) is 9.59 Å². The van der Waals surface area contributed by atoms with Gasteiger partial charge in [-0.3, -0.25) is 9.78 Å². The van der Waals surface area contributed by atoms with Crippen molar-refractivity contribution < 1.29 is 14.7 Å². The van der Waals surface area contributed by atoms with Gasteiger partial charge in [0, 0.05) is 17.3 Å². The summed E-state index contributed by atoms with van der Waals surface area (Å²) in [6.45, 7) is 0.226. The largest absolute Gasteiger partial charge is 0.476 e. The molecule has 0 aliphatic carbocycles. The number of carboxylic acids is 1. The number of thiazole rings is 1. The molecule has 6 nitrogen and oxygen atoms in total. The van der Waals surface area contributed by atoms with E-state index in [2.05, 4.69) is 15.3 Å². The number of aromatic carboxylic acids is 1. The van der Waals surface area contributed by atoms with Gasteiger partial charge in [0.2, 0.25) is 5.91 Å². The highest BCUT2D eigenvalue weighted by Gasteiger charge is 2.09. The lowest BCUT2D eigenvalue weighted by Crippen LogP contribution is -2.24. The zero-order valence-corrected chi connectivity index (χ0v) is 10.7. The van der Waals surface area contributed by atoms with Crippen LogP contribution in [0.1, 0.15) is 21.2 Å². The molecule has 0 aromatic carbocycles. The number of carbonyl (C=O) groups is 2. The monoisotopic (exact) mass is 277 g/mol. The maximum absolute atomic E-state index is 11.6. The Bertz CT molecular complexity index is 583. The van der Waals surface area contributed by atoms with Crippen LogP contribution in [0.2, 0.25) is 0 Å².